The van der Waals surface area contributed by atoms with Crippen LogP contribution in [0.4, 0.5) is 5.95 Å². The minimum Gasteiger partial charge on any atom is -0.353 e. The fraction of sp³-hybridized carbons (Fsp3) is 0.391. The monoisotopic (exact) mass is 374 g/mol. The fourth-order valence-electron chi connectivity index (χ4n) is 4.69. The Morgan fingerprint density at radius 2 is 1.57 bits per heavy atom. The van der Waals surface area contributed by atoms with Gasteiger partial charge in [0.2, 0.25) is 11.9 Å². The van der Waals surface area contributed by atoms with Gasteiger partial charge in [-0.15, -0.1) is 0 Å². The molecule has 5 heteroatoms. The lowest BCUT2D eigenvalue weighted by atomic mass is 9.85. The van der Waals surface area contributed by atoms with Crippen molar-refractivity contribution in [3.8, 4) is 0 Å². The van der Waals surface area contributed by atoms with E-state index in [0.717, 1.165) is 55.5 Å². The Labute approximate surface area is 164 Å². The second-order valence-corrected chi connectivity index (χ2v) is 8.18. The van der Waals surface area contributed by atoms with E-state index in [0.29, 0.717) is 6.04 Å². The Morgan fingerprint density at radius 1 is 0.893 bits per heavy atom. The zero-order valence-corrected chi connectivity index (χ0v) is 15.9. The van der Waals surface area contributed by atoms with Crippen LogP contribution in [0.25, 0.3) is 11.0 Å². The van der Waals surface area contributed by atoms with Gasteiger partial charge in [0.05, 0.1) is 11.0 Å². The number of para-hydroxylation sites is 2. The average Bonchev–Trinajstić information content (AvgIpc) is 3.31. The highest BCUT2D eigenvalue weighted by atomic mass is 16.1. The zero-order chi connectivity index (χ0) is 18.9. The molecule has 0 bridgehead atoms. The summed E-state index contributed by atoms with van der Waals surface area (Å²) in [7, 11) is 0. The van der Waals surface area contributed by atoms with Crippen molar-refractivity contribution in [1.29, 1.82) is 0 Å². The van der Waals surface area contributed by atoms with Crippen molar-refractivity contribution in [3.63, 3.8) is 0 Å². The predicted octanol–water partition coefficient (Wildman–Crippen LogP) is 3.82. The summed E-state index contributed by atoms with van der Waals surface area (Å²) in [5, 5.41) is 6.82. The van der Waals surface area contributed by atoms with E-state index in [9.17, 15) is 4.79 Å². The molecule has 2 aliphatic rings. The molecular weight excluding hydrogens is 348 g/mol. The van der Waals surface area contributed by atoms with Gasteiger partial charge in [-0.3, -0.25) is 4.79 Å². The van der Waals surface area contributed by atoms with Crippen LogP contribution >= 0.6 is 0 Å². The van der Waals surface area contributed by atoms with Crippen LogP contribution < -0.4 is 10.6 Å². The van der Waals surface area contributed by atoms with Crippen molar-refractivity contribution in [3.05, 3.63) is 59.7 Å². The summed E-state index contributed by atoms with van der Waals surface area (Å²) in [5.41, 5.74) is 4.80. The number of anilines is 1. The zero-order valence-electron chi connectivity index (χ0n) is 15.9. The van der Waals surface area contributed by atoms with Crippen molar-refractivity contribution in [1.82, 2.24) is 15.3 Å². The molecule has 28 heavy (non-hydrogen) atoms. The molecule has 0 unspecified atom stereocenters. The molecule has 5 nitrogen and oxygen atoms in total. The molecule has 0 spiro atoms. The fourth-order valence-corrected chi connectivity index (χ4v) is 4.69. The second-order valence-electron chi connectivity index (χ2n) is 8.18. The third-order valence-corrected chi connectivity index (χ3v) is 6.23. The predicted molar refractivity (Wildman–Crippen MR) is 111 cm³/mol. The van der Waals surface area contributed by atoms with Gasteiger partial charge >= 0.3 is 0 Å². The number of nitrogens with zero attached hydrogens (tertiary/aromatic N) is 1. The molecule has 1 heterocycles. The van der Waals surface area contributed by atoms with Gasteiger partial charge in [0, 0.05) is 18.0 Å². The maximum absolute atomic E-state index is 12.7. The highest BCUT2D eigenvalue weighted by molar-refractivity contribution is 5.79. The summed E-state index contributed by atoms with van der Waals surface area (Å²) in [5.74, 6) is 1.20. The average molecular weight is 374 g/mol. The first-order valence-electron chi connectivity index (χ1n) is 10.3. The minimum atomic E-state index is 0.137. The normalized spacial score (nSPS) is 22.1. The molecule has 3 aromatic rings. The Kier molecular flexibility index (Phi) is 4.51. The number of rotatable bonds is 4. The van der Waals surface area contributed by atoms with Crippen molar-refractivity contribution < 1.29 is 4.79 Å². The summed E-state index contributed by atoms with van der Waals surface area (Å²) < 4.78 is 0. The van der Waals surface area contributed by atoms with E-state index in [2.05, 4.69) is 44.9 Å². The number of benzene rings is 2. The topological polar surface area (TPSA) is 69.8 Å². The molecule has 144 valence electrons. The Morgan fingerprint density at radius 3 is 2.29 bits per heavy atom. The Bertz CT molecular complexity index is 929. The quantitative estimate of drug-likeness (QED) is 0.650. The number of hydrogen-bond donors (Lipinski definition) is 3. The molecule has 0 aliphatic heterocycles. The number of fused-ring (bicyclic) bond motifs is 2. The third-order valence-electron chi connectivity index (χ3n) is 6.23. The number of carbonyl (C=O) groups is 1. The van der Waals surface area contributed by atoms with Crippen LogP contribution in [-0.4, -0.2) is 28.0 Å². The van der Waals surface area contributed by atoms with Crippen molar-refractivity contribution >= 4 is 22.9 Å². The number of amides is 1. The Balaban J connectivity index is 1.12. The molecule has 2 aromatic carbocycles. The molecule has 1 saturated carbocycles. The molecule has 3 N–H and O–H groups in total. The maximum Gasteiger partial charge on any atom is 0.223 e. The van der Waals surface area contributed by atoms with Gasteiger partial charge in [0.25, 0.3) is 0 Å². The number of carbonyl (C=O) groups excluding carboxylic acids is 1. The van der Waals surface area contributed by atoms with E-state index < -0.39 is 0 Å². The minimum absolute atomic E-state index is 0.137. The summed E-state index contributed by atoms with van der Waals surface area (Å²) in [6.07, 6.45) is 5.79. The number of nitrogens with one attached hydrogen (secondary N) is 3. The van der Waals surface area contributed by atoms with Crippen LogP contribution in [0.5, 0.6) is 0 Å². The third kappa shape index (κ3) is 3.49. The van der Waals surface area contributed by atoms with E-state index in [1.165, 1.54) is 11.1 Å². The summed E-state index contributed by atoms with van der Waals surface area (Å²) in [6.45, 7) is 0. The van der Waals surface area contributed by atoms with E-state index >= 15 is 0 Å². The molecule has 1 fully saturated rings. The van der Waals surface area contributed by atoms with Gasteiger partial charge in [-0.2, -0.15) is 0 Å². The van der Waals surface area contributed by atoms with E-state index in [1.807, 2.05) is 24.3 Å². The Hall–Kier alpha value is -2.82. The lowest BCUT2D eigenvalue weighted by Gasteiger charge is -2.29. The number of imidazole rings is 1. The molecule has 5 rings (SSSR count). The van der Waals surface area contributed by atoms with E-state index in [-0.39, 0.29) is 17.9 Å². The molecule has 2 aliphatic carbocycles. The maximum atomic E-state index is 12.7. The van der Waals surface area contributed by atoms with Crippen LogP contribution in [0.15, 0.2) is 48.5 Å². The van der Waals surface area contributed by atoms with E-state index in [4.69, 9.17) is 0 Å². The smallest absolute Gasteiger partial charge is 0.223 e. The first-order chi connectivity index (χ1) is 13.7. The first-order valence-corrected chi connectivity index (χ1v) is 10.3. The lowest BCUT2D eigenvalue weighted by Crippen LogP contribution is -2.41. The summed E-state index contributed by atoms with van der Waals surface area (Å²) in [4.78, 5) is 20.7. The van der Waals surface area contributed by atoms with Gasteiger partial charge in [0.1, 0.15) is 0 Å². The molecule has 0 radical (unpaired) electrons. The first kappa shape index (κ1) is 17.3. The standard InChI is InChI=1S/C23H26N4O/c28-22(24-19-13-16-5-1-2-6-17(16)14-19)15-9-11-18(12-10-15)25-23-26-20-7-3-4-8-21(20)27-23/h1-8,15,18-19H,9-14H2,(H,24,28)(H2,25,26,27)/t15-,18-. The second kappa shape index (κ2) is 7.30. The summed E-state index contributed by atoms with van der Waals surface area (Å²) >= 11 is 0. The summed E-state index contributed by atoms with van der Waals surface area (Å²) in [6, 6.07) is 17.2. The molecule has 0 atom stereocenters. The van der Waals surface area contributed by atoms with E-state index in [1.54, 1.807) is 0 Å². The van der Waals surface area contributed by atoms with Gasteiger partial charge in [-0.05, 0) is 61.8 Å². The van der Waals surface area contributed by atoms with Crippen LogP contribution in [0, 0.1) is 5.92 Å². The highest BCUT2D eigenvalue weighted by Crippen LogP contribution is 2.28. The van der Waals surface area contributed by atoms with Gasteiger partial charge < -0.3 is 15.6 Å². The number of hydrogen-bond acceptors (Lipinski definition) is 3. The van der Waals surface area contributed by atoms with Crippen molar-refractivity contribution in [2.75, 3.05) is 5.32 Å². The molecule has 1 aromatic heterocycles. The van der Waals surface area contributed by atoms with Crippen LogP contribution in [0.2, 0.25) is 0 Å². The SMILES string of the molecule is O=C(NC1Cc2ccccc2C1)[C@H]1CC[C@H](Nc2nc3ccccc3[nH]2)CC1. The van der Waals surface area contributed by atoms with Crippen LogP contribution in [-0.2, 0) is 17.6 Å². The van der Waals surface area contributed by atoms with Gasteiger partial charge in [0.15, 0.2) is 0 Å². The van der Waals surface area contributed by atoms with Gasteiger partial charge in [-0.1, -0.05) is 36.4 Å². The van der Waals surface area contributed by atoms with Crippen molar-refractivity contribution in [2.45, 2.75) is 50.6 Å². The van der Waals surface area contributed by atoms with Crippen molar-refractivity contribution in [2.24, 2.45) is 5.92 Å². The largest absolute Gasteiger partial charge is 0.353 e. The molecule has 0 saturated heterocycles. The number of aromatic amines is 1. The number of H-pyrrole nitrogens is 1. The van der Waals surface area contributed by atoms with Crippen LogP contribution in [0.1, 0.15) is 36.8 Å². The molecular formula is C23H26N4O. The van der Waals surface area contributed by atoms with Gasteiger partial charge in [-0.25, -0.2) is 4.98 Å². The lowest BCUT2D eigenvalue weighted by molar-refractivity contribution is -0.126. The van der Waals surface area contributed by atoms with Crippen LogP contribution in [0.3, 0.4) is 0 Å². The number of aromatic nitrogens is 2. The molecule has 1 amide bonds. The highest BCUT2D eigenvalue weighted by Gasteiger charge is 2.29.